The van der Waals surface area contributed by atoms with E-state index >= 15 is 0 Å². The molecular formula is C46H27BN2. The van der Waals surface area contributed by atoms with E-state index in [1.165, 1.54) is 104 Å². The number of hydrogen-bond acceptors (Lipinski definition) is 0. The summed E-state index contributed by atoms with van der Waals surface area (Å²) < 4.78 is 5.18. The lowest BCUT2D eigenvalue weighted by molar-refractivity contribution is 1.12. The van der Waals surface area contributed by atoms with Crippen LogP contribution in [-0.4, -0.2) is 15.8 Å². The highest BCUT2D eigenvalue weighted by atomic mass is 15.0. The van der Waals surface area contributed by atoms with Crippen molar-refractivity contribution in [1.29, 1.82) is 0 Å². The Bertz CT molecular complexity index is 3040. The van der Waals surface area contributed by atoms with E-state index in [1.54, 1.807) is 0 Å². The average molecular weight is 619 g/mol. The Hall–Kier alpha value is -6.32. The highest BCUT2D eigenvalue weighted by Crippen LogP contribution is 2.46. The van der Waals surface area contributed by atoms with Crippen LogP contribution in [0.4, 0.5) is 0 Å². The topological polar surface area (TPSA) is 9.86 Å². The van der Waals surface area contributed by atoms with E-state index < -0.39 is 0 Å². The molecule has 4 heterocycles. The highest BCUT2D eigenvalue weighted by Gasteiger charge is 2.42. The number of aromatic nitrogens is 2. The van der Waals surface area contributed by atoms with Crippen LogP contribution in [0.15, 0.2) is 164 Å². The first-order chi connectivity index (χ1) is 24.3. The van der Waals surface area contributed by atoms with E-state index in [-0.39, 0.29) is 6.71 Å². The van der Waals surface area contributed by atoms with Gasteiger partial charge in [-0.1, -0.05) is 133 Å². The summed E-state index contributed by atoms with van der Waals surface area (Å²) >= 11 is 0. The van der Waals surface area contributed by atoms with Gasteiger partial charge < -0.3 is 9.13 Å². The second-order valence-corrected chi connectivity index (χ2v) is 13.6. The molecule has 12 rings (SSSR count). The van der Waals surface area contributed by atoms with E-state index in [0.717, 1.165) is 0 Å². The van der Waals surface area contributed by atoms with E-state index in [1.807, 2.05) is 0 Å². The molecule has 3 heteroatoms. The van der Waals surface area contributed by atoms with Crippen molar-refractivity contribution in [2.45, 2.75) is 0 Å². The lowest BCUT2D eigenvalue weighted by Crippen LogP contribution is -2.59. The molecule has 224 valence electrons. The summed E-state index contributed by atoms with van der Waals surface area (Å²) in [6.07, 6.45) is 0. The molecule has 2 aliphatic rings. The molecule has 10 aromatic rings. The molecule has 0 bridgehead atoms. The molecule has 0 spiro atoms. The van der Waals surface area contributed by atoms with Gasteiger partial charge in [-0.15, -0.1) is 0 Å². The molecule has 0 aliphatic carbocycles. The Morgan fingerprint density at radius 2 is 1.00 bits per heavy atom. The van der Waals surface area contributed by atoms with Crippen molar-refractivity contribution < 1.29 is 0 Å². The Labute approximate surface area is 283 Å². The average Bonchev–Trinajstić information content (AvgIpc) is 3.68. The van der Waals surface area contributed by atoms with Crippen LogP contribution in [0.3, 0.4) is 0 Å². The standard InChI is InChI=1S/C46H27BN2/c1-3-13-28(14-4-1)41-36-26-32-19-9-10-20-33(32)42-46(36)49(44(41)29-15-5-2-6-16-29)39-24-12-23-38-43(39)47(42)37-22-11-21-34-35-25-30-17-7-8-18-31(30)27-40(35)48(38)45(34)37/h1-27H. The summed E-state index contributed by atoms with van der Waals surface area (Å²) in [4.78, 5) is 0. The molecule has 0 saturated heterocycles. The van der Waals surface area contributed by atoms with Crippen LogP contribution in [0.5, 0.6) is 0 Å². The fraction of sp³-hybridized carbons (Fsp3) is 0. The molecule has 0 atom stereocenters. The van der Waals surface area contributed by atoms with Gasteiger partial charge in [-0.25, -0.2) is 0 Å². The molecule has 0 radical (unpaired) electrons. The van der Waals surface area contributed by atoms with Gasteiger partial charge in [-0.3, -0.25) is 0 Å². The van der Waals surface area contributed by atoms with E-state index in [0.29, 0.717) is 0 Å². The first kappa shape index (κ1) is 25.7. The predicted octanol–water partition coefficient (Wildman–Crippen LogP) is 9.51. The molecule has 0 unspecified atom stereocenters. The zero-order chi connectivity index (χ0) is 31.8. The van der Waals surface area contributed by atoms with Gasteiger partial charge in [0.25, 0.3) is 6.71 Å². The fourth-order valence-corrected chi connectivity index (χ4v) is 9.39. The highest BCUT2D eigenvalue weighted by molar-refractivity contribution is 7.01. The van der Waals surface area contributed by atoms with Crippen LogP contribution in [0.25, 0.3) is 88.0 Å². The van der Waals surface area contributed by atoms with Crippen molar-refractivity contribution in [3.63, 3.8) is 0 Å². The minimum Gasteiger partial charge on any atom is -0.310 e. The van der Waals surface area contributed by atoms with E-state index in [9.17, 15) is 0 Å². The minimum atomic E-state index is 0.0874. The van der Waals surface area contributed by atoms with Crippen molar-refractivity contribution >= 4 is 77.4 Å². The van der Waals surface area contributed by atoms with Gasteiger partial charge in [0.1, 0.15) is 0 Å². The van der Waals surface area contributed by atoms with Crippen LogP contribution < -0.4 is 16.4 Å². The zero-order valence-electron chi connectivity index (χ0n) is 26.6. The Balaban J connectivity index is 1.34. The molecule has 0 N–H and O–H groups in total. The molecule has 2 aromatic heterocycles. The summed E-state index contributed by atoms with van der Waals surface area (Å²) in [5.74, 6) is 0. The Morgan fingerprint density at radius 1 is 0.388 bits per heavy atom. The Morgan fingerprint density at radius 3 is 1.80 bits per heavy atom. The van der Waals surface area contributed by atoms with E-state index in [2.05, 4.69) is 173 Å². The van der Waals surface area contributed by atoms with Crippen molar-refractivity contribution in [1.82, 2.24) is 9.13 Å². The lowest BCUT2D eigenvalue weighted by Gasteiger charge is -2.34. The SMILES string of the molecule is c1ccc(-c2c(-c3ccccc3)n3c4c(c5ccccc5cc24)B2c4c-3cccc4-n3c4cc5ccccc5cc4c4cccc2c43)cc1. The number of benzene rings is 8. The van der Waals surface area contributed by atoms with Gasteiger partial charge in [0.15, 0.2) is 0 Å². The maximum atomic E-state index is 2.61. The minimum absolute atomic E-state index is 0.0874. The fourth-order valence-electron chi connectivity index (χ4n) is 9.39. The summed E-state index contributed by atoms with van der Waals surface area (Å²) in [6.45, 7) is 0.0874. The number of hydrogen-bond donors (Lipinski definition) is 0. The van der Waals surface area contributed by atoms with Crippen molar-refractivity contribution in [2.24, 2.45) is 0 Å². The third-order valence-corrected chi connectivity index (χ3v) is 11.2. The van der Waals surface area contributed by atoms with Crippen LogP contribution in [0, 0.1) is 0 Å². The summed E-state index contributed by atoms with van der Waals surface area (Å²) in [6, 6.07) is 61.0. The van der Waals surface area contributed by atoms with Crippen LogP contribution in [-0.2, 0) is 0 Å². The second kappa shape index (κ2) is 9.18. The van der Waals surface area contributed by atoms with Gasteiger partial charge in [0, 0.05) is 38.6 Å². The summed E-state index contributed by atoms with van der Waals surface area (Å²) in [5, 5.41) is 9.09. The molecular weight excluding hydrogens is 591 g/mol. The number of para-hydroxylation sites is 1. The third kappa shape index (κ3) is 3.18. The van der Waals surface area contributed by atoms with Crippen LogP contribution >= 0.6 is 0 Å². The smallest absolute Gasteiger partial charge is 0.253 e. The second-order valence-electron chi connectivity index (χ2n) is 13.6. The number of nitrogens with zero attached hydrogens (tertiary/aromatic N) is 2. The van der Waals surface area contributed by atoms with Gasteiger partial charge in [0.2, 0.25) is 0 Å². The quantitative estimate of drug-likeness (QED) is 0.171. The van der Waals surface area contributed by atoms with Gasteiger partial charge in [-0.2, -0.15) is 0 Å². The van der Waals surface area contributed by atoms with Crippen LogP contribution in [0.2, 0.25) is 0 Å². The molecule has 2 aliphatic heterocycles. The normalized spacial score (nSPS) is 12.9. The zero-order valence-corrected chi connectivity index (χ0v) is 26.6. The maximum Gasteiger partial charge on any atom is 0.253 e. The van der Waals surface area contributed by atoms with Gasteiger partial charge in [0.05, 0.1) is 16.7 Å². The number of rotatable bonds is 2. The molecule has 0 saturated carbocycles. The largest absolute Gasteiger partial charge is 0.310 e. The molecule has 0 amide bonds. The van der Waals surface area contributed by atoms with Crippen molar-refractivity contribution in [2.75, 3.05) is 0 Å². The summed E-state index contributed by atoms with van der Waals surface area (Å²) in [7, 11) is 0. The van der Waals surface area contributed by atoms with Crippen LogP contribution in [0.1, 0.15) is 0 Å². The molecule has 2 nitrogen and oxygen atoms in total. The van der Waals surface area contributed by atoms with E-state index in [4.69, 9.17) is 0 Å². The van der Waals surface area contributed by atoms with Crippen molar-refractivity contribution in [3.05, 3.63) is 164 Å². The monoisotopic (exact) mass is 618 g/mol. The molecule has 8 aromatic carbocycles. The maximum absolute atomic E-state index is 2.61. The first-order valence-corrected chi connectivity index (χ1v) is 17.2. The van der Waals surface area contributed by atoms with Crippen molar-refractivity contribution in [3.8, 4) is 33.8 Å². The number of fused-ring (bicyclic) bond motifs is 10. The lowest BCUT2D eigenvalue weighted by atomic mass is 9.33. The summed E-state index contributed by atoms with van der Waals surface area (Å²) in [5.41, 5.74) is 15.6. The molecule has 0 fully saturated rings. The van der Waals surface area contributed by atoms with Gasteiger partial charge in [-0.05, 0) is 79.4 Å². The predicted molar refractivity (Wildman–Crippen MR) is 208 cm³/mol. The first-order valence-electron chi connectivity index (χ1n) is 17.2. The Kier molecular flexibility index (Phi) is 4.82. The molecule has 49 heavy (non-hydrogen) atoms. The third-order valence-electron chi connectivity index (χ3n) is 11.2. The van der Waals surface area contributed by atoms with Gasteiger partial charge >= 0.3 is 0 Å².